The average molecular weight is 450 g/mol. The first kappa shape index (κ1) is 34.2. The van der Waals surface area contributed by atoms with E-state index in [0.717, 1.165) is 0 Å². The Kier molecular flexibility index (Phi) is 29.1. The molecule has 0 amide bonds. The summed E-state index contributed by atoms with van der Waals surface area (Å²) in [5.41, 5.74) is 0. The van der Waals surface area contributed by atoms with E-state index in [0.29, 0.717) is 0 Å². The van der Waals surface area contributed by atoms with Crippen LogP contribution in [-0.4, -0.2) is 40.1 Å². The quantitative estimate of drug-likeness (QED) is 0.0700. The summed E-state index contributed by atoms with van der Waals surface area (Å²) >= 11 is 0. The number of quaternary nitrogens is 1. The number of hydrogen-bond acceptors (Lipinski definition) is 0. The molecule has 0 aromatic carbocycles. The number of unbranched alkanes of at least 4 members (excludes halogenated alkanes) is 22. The van der Waals surface area contributed by atoms with Gasteiger partial charge in [-0.25, -0.2) is 0 Å². The third-order valence-corrected chi connectivity index (χ3v) is 7.23. The molecule has 0 bridgehead atoms. The maximum absolute atomic E-state index is 2.46. The van der Waals surface area contributed by atoms with Crippen LogP contribution < -0.4 is 0 Å². The Morgan fingerprint density at radius 2 is 0.500 bits per heavy atom. The van der Waals surface area contributed by atoms with Gasteiger partial charge >= 0.3 is 0 Å². The Balaban J connectivity index is 0. The molecule has 0 aliphatic heterocycles. The van der Waals surface area contributed by atoms with Gasteiger partial charge in [-0.2, -0.15) is 0 Å². The minimum Gasteiger partial charge on any atom is -1.00 e. The van der Waals surface area contributed by atoms with E-state index in [9.17, 15) is 0 Å². The topological polar surface area (TPSA) is 0 Å². The molecule has 0 rings (SSSR count). The van der Waals surface area contributed by atoms with Crippen molar-refractivity contribution in [2.75, 3.05) is 27.2 Å². The molecule has 0 saturated heterocycles. The molecule has 192 valence electrons. The Morgan fingerprint density at radius 1 is 0.312 bits per heavy atom. The largest absolute Gasteiger partial charge is 1.00 e. The van der Waals surface area contributed by atoms with Crippen LogP contribution in [-0.2, 0) is 0 Å². The predicted octanol–water partition coefficient (Wildman–Crippen LogP) is 10.1. The predicted molar refractivity (Wildman–Crippen MR) is 150 cm³/mol. The highest BCUT2D eigenvalue weighted by molar-refractivity contribution is 5.75. The fourth-order valence-corrected chi connectivity index (χ4v) is 4.87. The maximum atomic E-state index is 2.46. The van der Waals surface area contributed by atoms with Gasteiger partial charge in [0.25, 0.3) is 0 Å². The molecule has 0 aliphatic carbocycles. The third-order valence-electron chi connectivity index (χ3n) is 7.23. The molecule has 0 atom stereocenters. The lowest BCUT2D eigenvalue weighted by atomic mass is 10.0. The molecule has 4 radical (unpaired) electrons. The molecule has 0 saturated carbocycles. The summed E-state index contributed by atoms with van der Waals surface area (Å²) in [4.78, 5) is 0. The second kappa shape index (κ2) is 27.3. The van der Waals surface area contributed by atoms with Gasteiger partial charge in [0.1, 0.15) is 0 Å². The van der Waals surface area contributed by atoms with E-state index in [-0.39, 0.29) is 8.41 Å². The molecule has 2 heteroatoms. The summed E-state index contributed by atoms with van der Waals surface area (Å²) in [6.07, 6.45) is 35.0. The van der Waals surface area contributed by atoms with Gasteiger partial charge in [0.2, 0.25) is 0 Å². The lowest BCUT2D eigenvalue weighted by Crippen LogP contribution is -2.41. The van der Waals surface area contributed by atoms with Gasteiger partial charge < -0.3 is 12.9 Å². The van der Waals surface area contributed by atoms with Gasteiger partial charge in [0, 0.05) is 0 Å². The van der Waals surface area contributed by atoms with E-state index < -0.39 is 0 Å². The van der Waals surface area contributed by atoms with Crippen molar-refractivity contribution >= 4 is 8.41 Å². The van der Waals surface area contributed by atoms with Crippen LogP contribution in [0.3, 0.4) is 0 Å². The van der Waals surface area contributed by atoms with Gasteiger partial charge in [-0.1, -0.05) is 142 Å². The van der Waals surface area contributed by atoms with Crippen LogP contribution in [0.4, 0.5) is 0 Å². The van der Waals surface area contributed by atoms with Crippen LogP contribution in [0, 0.1) is 0 Å². The smallest absolute Gasteiger partial charge is 0.0782 e. The highest BCUT2D eigenvalue weighted by Crippen LogP contribution is 2.15. The Bertz CT molecular complexity index is 299. The summed E-state index contributed by atoms with van der Waals surface area (Å²) in [7, 11) is 4.91. The zero-order chi connectivity index (χ0) is 22.9. The zero-order valence-electron chi connectivity index (χ0n) is 23.4. The van der Waals surface area contributed by atoms with Crippen molar-refractivity contribution in [3.05, 3.63) is 0 Å². The fraction of sp³-hybridized carbons (Fsp3) is 1.00. The summed E-state index contributed by atoms with van der Waals surface area (Å²) in [6.45, 7) is 7.38. The molecule has 1 nitrogen and oxygen atoms in total. The van der Waals surface area contributed by atoms with Crippen molar-refractivity contribution in [3.8, 4) is 0 Å². The van der Waals surface area contributed by atoms with E-state index in [2.05, 4.69) is 27.9 Å². The molecular formula is C30H64BN. The van der Waals surface area contributed by atoms with Crippen LogP contribution in [0.5, 0.6) is 0 Å². The Labute approximate surface area is 208 Å². The van der Waals surface area contributed by atoms with Crippen molar-refractivity contribution < 1.29 is 4.48 Å². The molecule has 0 spiro atoms. The van der Waals surface area contributed by atoms with E-state index in [1.54, 1.807) is 0 Å². The second-order valence-corrected chi connectivity index (χ2v) is 11.2. The van der Waals surface area contributed by atoms with Gasteiger partial charge in [-0.3, -0.25) is 0 Å². The third kappa shape index (κ3) is 28.1. The van der Waals surface area contributed by atoms with E-state index in [4.69, 9.17) is 0 Å². The highest BCUT2D eigenvalue weighted by atomic mass is 15.3. The van der Waals surface area contributed by atoms with Gasteiger partial charge in [0.15, 0.2) is 0 Å². The minimum absolute atomic E-state index is 0. The maximum Gasteiger partial charge on any atom is 0.0782 e. The molecule has 0 N–H and O–H groups in total. The van der Waals surface area contributed by atoms with Crippen LogP contribution in [0.25, 0.3) is 0 Å². The molecule has 0 fully saturated rings. The van der Waals surface area contributed by atoms with Crippen LogP contribution in [0.1, 0.15) is 168 Å². The first-order chi connectivity index (χ1) is 15.1. The monoisotopic (exact) mass is 450 g/mol. The van der Waals surface area contributed by atoms with Crippen molar-refractivity contribution in [3.63, 3.8) is 0 Å². The van der Waals surface area contributed by atoms with Gasteiger partial charge in [0.05, 0.1) is 27.2 Å². The number of hydrogen-bond donors (Lipinski definition) is 0. The number of rotatable bonds is 26. The SMILES string of the molecule is CCCCCCCCCCCCCC[N+](C)(C)CCCCCCCCCCCCCC.[B-]. The zero-order valence-corrected chi connectivity index (χ0v) is 23.4. The summed E-state index contributed by atoms with van der Waals surface area (Å²) in [5, 5.41) is 0. The van der Waals surface area contributed by atoms with E-state index in [1.165, 1.54) is 172 Å². The normalized spacial score (nSPS) is 11.6. The van der Waals surface area contributed by atoms with Crippen LogP contribution >= 0.6 is 0 Å². The fourth-order valence-electron chi connectivity index (χ4n) is 4.87. The van der Waals surface area contributed by atoms with Gasteiger partial charge in [-0.15, -0.1) is 0 Å². The van der Waals surface area contributed by atoms with Crippen molar-refractivity contribution in [2.24, 2.45) is 0 Å². The lowest BCUT2D eigenvalue weighted by molar-refractivity contribution is -0.890. The highest BCUT2D eigenvalue weighted by Gasteiger charge is 2.13. The summed E-state index contributed by atoms with van der Waals surface area (Å²) < 4.78 is 1.25. The number of nitrogens with zero attached hydrogens (tertiary/aromatic N) is 1. The van der Waals surface area contributed by atoms with Crippen LogP contribution in [0.15, 0.2) is 0 Å². The lowest BCUT2D eigenvalue weighted by Gasteiger charge is -2.30. The average Bonchev–Trinajstić information content (AvgIpc) is 2.75. The second-order valence-electron chi connectivity index (χ2n) is 11.2. The Morgan fingerprint density at radius 3 is 0.719 bits per heavy atom. The van der Waals surface area contributed by atoms with Crippen molar-refractivity contribution in [1.82, 2.24) is 0 Å². The van der Waals surface area contributed by atoms with E-state index >= 15 is 0 Å². The van der Waals surface area contributed by atoms with Crippen molar-refractivity contribution in [1.29, 1.82) is 0 Å². The minimum atomic E-state index is 0. The molecular weight excluding hydrogens is 385 g/mol. The molecule has 0 aromatic heterocycles. The van der Waals surface area contributed by atoms with Crippen molar-refractivity contribution in [2.45, 2.75) is 168 Å². The molecule has 0 aromatic rings. The summed E-state index contributed by atoms with van der Waals surface area (Å²) in [6, 6.07) is 0. The van der Waals surface area contributed by atoms with Gasteiger partial charge in [-0.05, 0) is 25.7 Å². The molecule has 0 heterocycles. The molecule has 0 aliphatic rings. The molecule has 32 heavy (non-hydrogen) atoms. The first-order valence-electron chi connectivity index (χ1n) is 14.9. The summed E-state index contributed by atoms with van der Waals surface area (Å²) in [5.74, 6) is 0. The first-order valence-corrected chi connectivity index (χ1v) is 14.9. The molecule has 0 unspecified atom stereocenters. The van der Waals surface area contributed by atoms with E-state index in [1.807, 2.05) is 0 Å². The van der Waals surface area contributed by atoms with Crippen LogP contribution in [0.2, 0.25) is 0 Å². The Hall–Kier alpha value is 0.0249. The standard InChI is InChI=1S/C30H64N.B/c1-5-7-9-11-13-15-17-19-21-23-25-27-29-31(3,4)30-28-26-24-22-20-18-16-14-12-10-8-6-2;/h5-30H2,1-4H3;/q+1;-1.